The van der Waals surface area contributed by atoms with Crippen molar-refractivity contribution in [1.29, 1.82) is 0 Å². The summed E-state index contributed by atoms with van der Waals surface area (Å²) < 4.78 is 5.91. The van der Waals surface area contributed by atoms with Crippen LogP contribution in [0, 0.1) is 6.92 Å². The number of likely N-dealkylation sites (N-methyl/N-ethyl adjacent to an activating group) is 1. The fraction of sp³-hybridized carbons (Fsp3) is 0.438. The lowest BCUT2D eigenvalue weighted by Gasteiger charge is -2.18. The van der Waals surface area contributed by atoms with Crippen molar-refractivity contribution in [2.45, 2.75) is 26.3 Å². The van der Waals surface area contributed by atoms with E-state index in [1.807, 2.05) is 38.1 Å². The van der Waals surface area contributed by atoms with E-state index in [0.29, 0.717) is 13.0 Å². The standard InChI is InChI=1S/C16H22N2O2/c1-3-17-14(9-10-19)11-20-15-6-4-5-13-8-7-12(2)18-16(13)15/h4-8,14,17,19H,3,9-11H2,1-2H3. The lowest BCUT2D eigenvalue weighted by atomic mass is 10.2. The molecule has 1 aromatic carbocycles. The molecule has 1 atom stereocenters. The molecule has 0 fully saturated rings. The second-order valence-corrected chi connectivity index (χ2v) is 4.86. The number of rotatable bonds is 7. The van der Waals surface area contributed by atoms with E-state index in [0.717, 1.165) is 28.9 Å². The highest BCUT2D eigenvalue weighted by molar-refractivity contribution is 5.84. The smallest absolute Gasteiger partial charge is 0.145 e. The van der Waals surface area contributed by atoms with E-state index in [4.69, 9.17) is 9.84 Å². The molecule has 1 unspecified atom stereocenters. The van der Waals surface area contributed by atoms with Gasteiger partial charge >= 0.3 is 0 Å². The third-order valence-corrected chi connectivity index (χ3v) is 3.23. The molecule has 0 radical (unpaired) electrons. The molecule has 0 saturated heterocycles. The first-order valence-electron chi connectivity index (χ1n) is 7.08. The van der Waals surface area contributed by atoms with Crippen LogP contribution in [0.2, 0.25) is 0 Å². The summed E-state index contributed by atoms with van der Waals surface area (Å²) in [5.74, 6) is 0.798. The SMILES string of the molecule is CCNC(CCO)COc1cccc2ccc(C)nc12. The summed E-state index contributed by atoms with van der Waals surface area (Å²) in [6.07, 6.45) is 0.686. The van der Waals surface area contributed by atoms with Gasteiger partial charge in [0.05, 0.1) is 0 Å². The number of nitrogens with one attached hydrogen (secondary N) is 1. The van der Waals surface area contributed by atoms with Gasteiger partial charge in [-0.25, -0.2) is 4.98 Å². The van der Waals surface area contributed by atoms with Crippen LogP contribution in [0.1, 0.15) is 19.0 Å². The summed E-state index contributed by atoms with van der Waals surface area (Å²) in [6, 6.07) is 10.2. The zero-order valence-electron chi connectivity index (χ0n) is 12.1. The van der Waals surface area contributed by atoms with Crippen LogP contribution in [-0.4, -0.2) is 35.9 Å². The maximum atomic E-state index is 9.06. The molecule has 2 N–H and O–H groups in total. The van der Waals surface area contributed by atoms with Crippen molar-refractivity contribution in [2.24, 2.45) is 0 Å². The van der Waals surface area contributed by atoms with Gasteiger partial charge in [-0.15, -0.1) is 0 Å². The van der Waals surface area contributed by atoms with Crippen molar-refractivity contribution in [3.8, 4) is 5.75 Å². The summed E-state index contributed by atoms with van der Waals surface area (Å²) in [5.41, 5.74) is 1.87. The van der Waals surface area contributed by atoms with E-state index < -0.39 is 0 Å². The van der Waals surface area contributed by atoms with E-state index in [-0.39, 0.29) is 12.6 Å². The van der Waals surface area contributed by atoms with E-state index in [9.17, 15) is 0 Å². The molecule has 0 bridgehead atoms. The Morgan fingerprint density at radius 2 is 2.15 bits per heavy atom. The number of para-hydroxylation sites is 1. The molecule has 0 aliphatic rings. The van der Waals surface area contributed by atoms with Crippen molar-refractivity contribution < 1.29 is 9.84 Å². The quantitative estimate of drug-likeness (QED) is 0.813. The fourth-order valence-electron chi connectivity index (χ4n) is 2.21. The Kier molecular flexibility index (Phi) is 5.32. The molecule has 0 spiro atoms. The topological polar surface area (TPSA) is 54.4 Å². The number of nitrogens with zero attached hydrogens (tertiary/aromatic N) is 1. The van der Waals surface area contributed by atoms with Gasteiger partial charge in [0.25, 0.3) is 0 Å². The molecule has 0 aliphatic heterocycles. The average molecular weight is 274 g/mol. The van der Waals surface area contributed by atoms with Gasteiger partial charge in [-0.05, 0) is 32.0 Å². The molecular formula is C16H22N2O2. The van der Waals surface area contributed by atoms with Crippen molar-refractivity contribution in [3.63, 3.8) is 0 Å². The summed E-state index contributed by atoms with van der Waals surface area (Å²) in [5, 5.41) is 13.4. The summed E-state index contributed by atoms with van der Waals surface area (Å²) in [7, 11) is 0. The van der Waals surface area contributed by atoms with E-state index >= 15 is 0 Å². The Morgan fingerprint density at radius 1 is 1.30 bits per heavy atom. The van der Waals surface area contributed by atoms with Gasteiger partial charge in [0.2, 0.25) is 0 Å². The first-order valence-corrected chi connectivity index (χ1v) is 7.08. The molecule has 4 nitrogen and oxygen atoms in total. The van der Waals surface area contributed by atoms with E-state index in [1.54, 1.807) is 0 Å². The molecule has 1 heterocycles. The van der Waals surface area contributed by atoms with E-state index in [1.165, 1.54) is 0 Å². The van der Waals surface area contributed by atoms with Gasteiger partial charge in [-0.3, -0.25) is 0 Å². The maximum absolute atomic E-state index is 9.06. The Hall–Kier alpha value is -1.65. The number of aliphatic hydroxyl groups excluding tert-OH is 1. The number of ether oxygens (including phenoxy) is 1. The molecule has 20 heavy (non-hydrogen) atoms. The lowest BCUT2D eigenvalue weighted by molar-refractivity contribution is 0.216. The monoisotopic (exact) mass is 274 g/mol. The van der Waals surface area contributed by atoms with Gasteiger partial charge in [0, 0.05) is 23.7 Å². The Morgan fingerprint density at radius 3 is 2.90 bits per heavy atom. The largest absolute Gasteiger partial charge is 0.490 e. The minimum absolute atomic E-state index is 0.157. The van der Waals surface area contributed by atoms with Gasteiger partial charge in [-0.1, -0.05) is 25.1 Å². The highest BCUT2D eigenvalue weighted by Gasteiger charge is 2.09. The molecular weight excluding hydrogens is 252 g/mol. The number of aromatic nitrogens is 1. The number of benzene rings is 1. The number of hydrogen-bond donors (Lipinski definition) is 2. The molecule has 0 saturated carbocycles. The predicted molar refractivity (Wildman–Crippen MR) is 81.1 cm³/mol. The van der Waals surface area contributed by atoms with Crippen LogP contribution in [0.3, 0.4) is 0 Å². The van der Waals surface area contributed by atoms with Crippen LogP contribution in [0.25, 0.3) is 10.9 Å². The highest BCUT2D eigenvalue weighted by Crippen LogP contribution is 2.24. The third-order valence-electron chi connectivity index (χ3n) is 3.23. The number of aryl methyl sites for hydroxylation is 1. The Balaban J connectivity index is 2.14. The van der Waals surface area contributed by atoms with E-state index in [2.05, 4.69) is 16.4 Å². The fourth-order valence-corrected chi connectivity index (χ4v) is 2.21. The minimum Gasteiger partial charge on any atom is -0.490 e. The van der Waals surface area contributed by atoms with Gasteiger partial charge < -0.3 is 15.2 Å². The minimum atomic E-state index is 0.157. The molecule has 0 amide bonds. The third kappa shape index (κ3) is 3.68. The number of aliphatic hydroxyl groups is 1. The highest BCUT2D eigenvalue weighted by atomic mass is 16.5. The second kappa shape index (κ2) is 7.22. The summed E-state index contributed by atoms with van der Waals surface area (Å²) in [4.78, 5) is 4.55. The van der Waals surface area contributed by atoms with Crippen LogP contribution >= 0.6 is 0 Å². The first-order chi connectivity index (χ1) is 9.74. The predicted octanol–water partition coefficient (Wildman–Crippen LogP) is 2.28. The average Bonchev–Trinajstić information content (AvgIpc) is 2.45. The molecule has 2 aromatic rings. The van der Waals surface area contributed by atoms with Crippen LogP contribution in [0.15, 0.2) is 30.3 Å². The maximum Gasteiger partial charge on any atom is 0.145 e. The Labute approximate surface area is 119 Å². The number of pyridine rings is 1. The number of hydrogen-bond acceptors (Lipinski definition) is 4. The molecule has 2 rings (SSSR count). The first kappa shape index (κ1) is 14.8. The zero-order chi connectivity index (χ0) is 14.4. The molecule has 1 aromatic heterocycles. The van der Waals surface area contributed by atoms with Gasteiger partial charge in [0.15, 0.2) is 0 Å². The lowest BCUT2D eigenvalue weighted by Crippen LogP contribution is -2.35. The summed E-state index contributed by atoms with van der Waals surface area (Å²) >= 11 is 0. The van der Waals surface area contributed by atoms with Crippen LogP contribution in [0.4, 0.5) is 0 Å². The molecule has 108 valence electrons. The van der Waals surface area contributed by atoms with Crippen molar-refractivity contribution in [1.82, 2.24) is 10.3 Å². The normalized spacial score (nSPS) is 12.6. The Bertz CT molecular complexity index is 551. The van der Waals surface area contributed by atoms with Gasteiger partial charge in [-0.2, -0.15) is 0 Å². The number of fused-ring (bicyclic) bond motifs is 1. The second-order valence-electron chi connectivity index (χ2n) is 4.86. The van der Waals surface area contributed by atoms with Crippen LogP contribution < -0.4 is 10.1 Å². The van der Waals surface area contributed by atoms with Gasteiger partial charge in [0.1, 0.15) is 17.9 Å². The summed E-state index contributed by atoms with van der Waals surface area (Å²) in [6.45, 7) is 5.58. The van der Waals surface area contributed by atoms with Crippen LogP contribution in [0.5, 0.6) is 5.75 Å². The molecule has 0 aliphatic carbocycles. The van der Waals surface area contributed by atoms with Crippen molar-refractivity contribution >= 4 is 10.9 Å². The zero-order valence-corrected chi connectivity index (χ0v) is 12.1. The van der Waals surface area contributed by atoms with Crippen molar-refractivity contribution in [3.05, 3.63) is 36.0 Å². The van der Waals surface area contributed by atoms with Crippen LogP contribution in [-0.2, 0) is 0 Å². The van der Waals surface area contributed by atoms with Crippen molar-refractivity contribution in [2.75, 3.05) is 19.8 Å². The molecule has 4 heteroatoms.